The first-order valence-electron chi connectivity index (χ1n) is 8.43. The molecule has 2 aromatic carbocycles. The first-order chi connectivity index (χ1) is 13.6. The Balaban J connectivity index is 1.75. The van der Waals surface area contributed by atoms with Gasteiger partial charge in [0.25, 0.3) is 0 Å². The Bertz CT molecular complexity index is 1150. The smallest absolute Gasteiger partial charge is 0.401 e. The van der Waals surface area contributed by atoms with E-state index < -0.39 is 4.92 Å². The fourth-order valence-electron chi connectivity index (χ4n) is 2.76. The highest BCUT2D eigenvalue weighted by Gasteiger charge is 2.12. The first-order valence-corrected chi connectivity index (χ1v) is 8.43. The summed E-state index contributed by atoms with van der Waals surface area (Å²) in [6, 6.07) is 18.5. The topological polar surface area (TPSA) is 74.1 Å². The molecule has 4 aromatic rings. The van der Waals surface area contributed by atoms with E-state index in [0.717, 1.165) is 16.8 Å². The summed E-state index contributed by atoms with van der Waals surface area (Å²) in [7, 11) is 0. The lowest BCUT2D eigenvalue weighted by Gasteiger charge is -2.00. The van der Waals surface area contributed by atoms with Crippen molar-refractivity contribution in [3.8, 4) is 16.9 Å². The van der Waals surface area contributed by atoms with Crippen molar-refractivity contribution in [2.45, 2.75) is 0 Å². The number of nitro groups is 1. The van der Waals surface area contributed by atoms with Crippen molar-refractivity contribution in [3.05, 3.63) is 100 Å². The molecule has 2 aromatic heterocycles. The molecule has 0 atom stereocenters. The number of rotatable bonds is 5. The largest absolute Gasteiger partial charge is 0.433 e. The number of halogens is 1. The maximum absolute atomic E-state index is 13.3. The van der Waals surface area contributed by atoms with E-state index in [9.17, 15) is 14.5 Å². The van der Waals surface area contributed by atoms with Gasteiger partial charge in [-0.15, -0.1) is 0 Å². The molecule has 0 aliphatic carbocycles. The van der Waals surface area contributed by atoms with Crippen LogP contribution in [0.5, 0.6) is 0 Å². The van der Waals surface area contributed by atoms with Gasteiger partial charge in [0, 0.05) is 17.3 Å². The first kappa shape index (κ1) is 17.4. The van der Waals surface area contributed by atoms with Crippen molar-refractivity contribution < 1.29 is 13.7 Å². The maximum atomic E-state index is 13.3. The lowest BCUT2D eigenvalue weighted by molar-refractivity contribution is -0.402. The number of hydrogen-bond acceptors (Lipinski definition) is 4. The number of nitrogens with zero attached hydrogens (tertiary/aromatic N) is 3. The molecule has 6 nitrogen and oxygen atoms in total. The van der Waals surface area contributed by atoms with Gasteiger partial charge < -0.3 is 4.42 Å². The second kappa shape index (κ2) is 7.32. The third-order valence-corrected chi connectivity index (χ3v) is 4.10. The van der Waals surface area contributed by atoms with E-state index in [-0.39, 0.29) is 11.7 Å². The molecule has 0 aliphatic rings. The van der Waals surface area contributed by atoms with Crippen LogP contribution in [0.4, 0.5) is 10.3 Å². The molecule has 0 aliphatic heterocycles. The van der Waals surface area contributed by atoms with Gasteiger partial charge in [0.2, 0.25) is 0 Å². The molecule has 2 heterocycles. The van der Waals surface area contributed by atoms with Gasteiger partial charge in [-0.1, -0.05) is 18.2 Å². The minimum atomic E-state index is -0.589. The van der Waals surface area contributed by atoms with Crippen molar-refractivity contribution in [2.24, 2.45) is 0 Å². The van der Waals surface area contributed by atoms with Gasteiger partial charge in [-0.3, -0.25) is 10.1 Å². The van der Waals surface area contributed by atoms with Crippen LogP contribution in [0.2, 0.25) is 0 Å². The molecule has 0 bridgehead atoms. The Hall–Kier alpha value is -4.00. The molecule has 0 radical (unpaired) electrons. The lowest BCUT2D eigenvalue weighted by atomic mass is 10.1. The van der Waals surface area contributed by atoms with Crippen molar-refractivity contribution in [2.75, 3.05) is 0 Å². The fourth-order valence-corrected chi connectivity index (χ4v) is 2.76. The number of furan rings is 1. The molecule has 0 N–H and O–H groups in total. The zero-order chi connectivity index (χ0) is 19.5. The molecule has 4 rings (SSSR count). The van der Waals surface area contributed by atoms with Crippen molar-refractivity contribution in [1.82, 2.24) is 9.78 Å². The number of hydrogen-bond donors (Lipinski definition) is 0. The van der Waals surface area contributed by atoms with Gasteiger partial charge in [-0.05, 0) is 54.6 Å². The van der Waals surface area contributed by atoms with Gasteiger partial charge in [-0.2, -0.15) is 5.10 Å². The highest BCUT2D eigenvalue weighted by Crippen LogP contribution is 2.26. The summed E-state index contributed by atoms with van der Waals surface area (Å²) >= 11 is 0. The average molecular weight is 375 g/mol. The molecule has 28 heavy (non-hydrogen) atoms. The Kier molecular flexibility index (Phi) is 4.55. The highest BCUT2D eigenvalue weighted by molar-refractivity contribution is 5.78. The van der Waals surface area contributed by atoms with E-state index >= 15 is 0 Å². The standard InChI is InChI=1S/C21H14FN3O3/c22-17-9-6-15(7-10-17)21-16(8-11-19-12-13-20(28-19)25(26)27)14-24(23-21)18-4-2-1-3-5-18/h1-14H. The summed E-state index contributed by atoms with van der Waals surface area (Å²) in [4.78, 5) is 10.2. The van der Waals surface area contributed by atoms with Gasteiger partial charge in [-0.25, -0.2) is 9.07 Å². The van der Waals surface area contributed by atoms with Crippen molar-refractivity contribution in [3.63, 3.8) is 0 Å². The monoisotopic (exact) mass is 375 g/mol. The van der Waals surface area contributed by atoms with Gasteiger partial charge in [0.05, 0.1) is 17.4 Å². The molecule has 0 fully saturated rings. The van der Waals surface area contributed by atoms with E-state index in [2.05, 4.69) is 5.10 Å². The second-order valence-corrected chi connectivity index (χ2v) is 5.99. The molecular weight excluding hydrogens is 361 g/mol. The quantitative estimate of drug-likeness (QED) is 0.348. The molecule has 0 saturated heterocycles. The molecule has 0 unspecified atom stereocenters. The average Bonchev–Trinajstić information content (AvgIpc) is 3.35. The molecule has 0 saturated carbocycles. The summed E-state index contributed by atoms with van der Waals surface area (Å²) in [5, 5.41) is 15.4. The summed E-state index contributed by atoms with van der Waals surface area (Å²) in [5.74, 6) is -0.297. The van der Waals surface area contributed by atoms with Crippen LogP contribution >= 0.6 is 0 Å². The van der Waals surface area contributed by atoms with Crippen LogP contribution in [-0.2, 0) is 0 Å². The Morgan fingerprint density at radius 3 is 2.43 bits per heavy atom. The minimum absolute atomic E-state index is 0.321. The summed E-state index contributed by atoms with van der Waals surface area (Å²) in [5.41, 5.74) is 3.04. The maximum Gasteiger partial charge on any atom is 0.433 e. The molecule has 0 amide bonds. The molecule has 0 spiro atoms. The summed E-state index contributed by atoms with van der Waals surface area (Å²) in [6.07, 6.45) is 5.22. The SMILES string of the molecule is O=[N+]([O-])c1ccc(C=Cc2cn(-c3ccccc3)nc2-c2ccc(F)cc2)o1. The second-order valence-electron chi connectivity index (χ2n) is 5.99. The van der Waals surface area contributed by atoms with E-state index in [4.69, 9.17) is 4.42 Å². The van der Waals surface area contributed by atoms with Crippen molar-refractivity contribution >= 4 is 18.0 Å². The number of para-hydroxylation sites is 1. The van der Waals surface area contributed by atoms with Gasteiger partial charge in [0.15, 0.2) is 0 Å². The zero-order valence-corrected chi connectivity index (χ0v) is 14.5. The normalized spacial score (nSPS) is 11.2. The van der Waals surface area contributed by atoms with Crippen LogP contribution < -0.4 is 0 Å². The molecule has 7 heteroatoms. The highest BCUT2D eigenvalue weighted by atomic mass is 19.1. The van der Waals surface area contributed by atoms with E-state index in [1.165, 1.54) is 24.3 Å². The zero-order valence-electron chi connectivity index (χ0n) is 14.5. The van der Waals surface area contributed by atoms with Crippen LogP contribution in [0.1, 0.15) is 11.3 Å². The van der Waals surface area contributed by atoms with Gasteiger partial charge >= 0.3 is 5.88 Å². The molecule has 138 valence electrons. The Morgan fingerprint density at radius 1 is 1.00 bits per heavy atom. The number of benzene rings is 2. The van der Waals surface area contributed by atoms with Crippen LogP contribution in [0.3, 0.4) is 0 Å². The van der Waals surface area contributed by atoms with Crippen molar-refractivity contribution in [1.29, 1.82) is 0 Å². The van der Waals surface area contributed by atoms with Crippen LogP contribution in [0, 0.1) is 15.9 Å². The third-order valence-electron chi connectivity index (χ3n) is 4.10. The Morgan fingerprint density at radius 2 is 1.75 bits per heavy atom. The number of aromatic nitrogens is 2. The predicted molar refractivity (Wildman–Crippen MR) is 103 cm³/mol. The third kappa shape index (κ3) is 3.59. The van der Waals surface area contributed by atoms with Crippen LogP contribution in [-0.4, -0.2) is 14.7 Å². The minimum Gasteiger partial charge on any atom is -0.401 e. The molecular formula is C21H14FN3O3. The van der Waals surface area contributed by atoms with Crippen LogP contribution in [0.15, 0.2) is 77.3 Å². The summed E-state index contributed by atoms with van der Waals surface area (Å²) < 4.78 is 20.2. The predicted octanol–water partition coefficient (Wildman–Crippen LogP) is 5.35. The summed E-state index contributed by atoms with van der Waals surface area (Å²) in [6.45, 7) is 0. The van der Waals surface area contributed by atoms with E-state index in [1.54, 1.807) is 29.0 Å². The van der Waals surface area contributed by atoms with E-state index in [1.807, 2.05) is 36.5 Å². The van der Waals surface area contributed by atoms with E-state index in [0.29, 0.717) is 11.5 Å². The lowest BCUT2D eigenvalue weighted by Crippen LogP contribution is -1.94. The van der Waals surface area contributed by atoms with Crippen LogP contribution in [0.25, 0.3) is 29.1 Å². The Labute approximate surface area is 159 Å². The van der Waals surface area contributed by atoms with Gasteiger partial charge in [0.1, 0.15) is 16.5 Å². The fraction of sp³-hybridized carbons (Fsp3) is 0.